The van der Waals surface area contributed by atoms with Gasteiger partial charge in [0.15, 0.2) is 5.16 Å². The zero-order chi connectivity index (χ0) is 20.4. The van der Waals surface area contributed by atoms with Crippen molar-refractivity contribution in [2.45, 2.75) is 75.8 Å². The predicted molar refractivity (Wildman–Crippen MR) is 115 cm³/mol. The molecule has 1 amide bonds. The first-order valence-corrected chi connectivity index (χ1v) is 11.6. The van der Waals surface area contributed by atoms with Crippen molar-refractivity contribution in [3.63, 3.8) is 0 Å². The lowest BCUT2D eigenvalue weighted by molar-refractivity contribution is -0.134. The third kappa shape index (κ3) is 4.36. The standard InChI is InChI=1S/C22H29N3O3S/c1-15-7-5-8-16(2)25(15)20(26)14-29-22-23-19-11-4-3-10-18(19)21(27)24(22)13-17-9-6-12-28-17/h3-4,10-11,15-17H,5-9,12-14H2,1-2H3/t15-,16-,17+/m1/s1. The molecule has 7 heteroatoms. The molecule has 0 bridgehead atoms. The summed E-state index contributed by atoms with van der Waals surface area (Å²) < 4.78 is 7.46. The Labute approximate surface area is 175 Å². The molecule has 0 N–H and O–H groups in total. The van der Waals surface area contributed by atoms with Crippen LogP contribution in [0.5, 0.6) is 0 Å². The highest BCUT2D eigenvalue weighted by Gasteiger charge is 2.29. The summed E-state index contributed by atoms with van der Waals surface area (Å²) in [5.74, 6) is 0.422. The van der Waals surface area contributed by atoms with Gasteiger partial charge in [-0.25, -0.2) is 4.98 Å². The number of rotatable bonds is 5. The van der Waals surface area contributed by atoms with Gasteiger partial charge in [0.1, 0.15) is 0 Å². The molecule has 0 spiro atoms. The van der Waals surface area contributed by atoms with Crippen molar-refractivity contribution in [2.75, 3.05) is 12.4 Å². The Hall–Kier alpha value is -1.86. The van der Waals surface area contributed by atoms with Crippen LogP contribution in [0.25, 0.3) is 10.9 Å². The first kappa shape index (κ1) is 20.4. The monoisotopic (exact) mass is 415 g/mol. The second kappa shape index (κ2) is 8.88. The fraction of sp³-hybridized carbons (Fsp3) is 0.591. The van der Waals surface area contributed by atoms with Crippen LogP contribution >= 0.6 is 11.8 Å². The summed E-state index contributed by atoms with van der Waals surface area (Å²) in [6.45, 7) is 5.48. The summed E-state index contributed by atoms with van der Waals surface area (Å²) in [6.07, 6.45) is 5.29. The van der Waals surface area contributed by atoms with Gasteiger partial charge in [-0.1, -0.05) is 23.9 Å². The van der Waals surface area contributed by atoms with E-state index in [1.807, 2.05) is 29.2 Å². The van der Waals surface area contributed by atoms with Crippen molar-refractivity contribution >= 4 is 28.6 Å². The number of hydrogen-bond donors (Lipinski definition) is 0. The van der Waals surface area contributed by atoms with Crippen LogP contribution in [0.4, 0.5) is 0 Å². The summed E-state index contributed by atoms with van der Waals surface area (Å²) in [6, 6.07) is 7.95. The van der Waals surface area contributed by atoms with Crippen LogP contribution in [0.2, 0.25) is 0 Å². The molecule has 0 aliphatic carbocycles. The highest BCUT2D eigenvalue weighted by molar-refractivity contribution is 7.99. The van der Waals surface area contributed by atoms with E-state index in [4.69, 9.17) is 9.72 Å². The molecule has 2 fully saturated rings. The van der Waals surface area contributed by atoms with E-state index in [0.29, 0.717) is 28.4 Å². The molecule has 6 nitrogen and oxygen atoms in total. The molecule has 3 atom stereocenters. The van der Waals surface area contributed by atoms with E-state index in [1.54, 1.807) is 4.57 Å². The number of hydrogen-bond acceptors (Lipinski definition) is 5. The number of carbonyl (C=O) groups is 1. The third-order valence-corrected chi connectivity index (χ3v) is 7.00. The van der Waals surface area contributed by atoms with Crippen LogP contribution in [-0.2, 0) is 16.1 Å². The van der Waals surface area contributed by atoms with Gasteiger partial charge in [-0.2, -0.15) is 0 Å². The molecule has 4 rings (SSSR count). The van der Waals surface area contributed by atoms with Crippen LogP contribution < -0.4 is 5.56 Å². The van der Waals surface area contributed by atoms with Crippen LogP contribution in [0, 0.1) is 0 Å². The number of piperidine rings is 1. The van der Waals surface area contributed by atoms with Gasteiger partial charge in [0, 0.05) is 18.7 Å². The summed E-state index contributed by atoms with van der Waals surface area (Å²) in [4.78, 5) is 32.9. The number of likely N-dealkylation sites (tertiary alicyclic amines) is 1. The molecular weight excluding hydrogens is 386 g/mol. The number of carbonyl (C=O) groups excluding carboxylic acids is 1. The average molecular weight is 416 g/mol. The smallest absolute Gasteiger partial charge is 0.262 e. The first-order chi connectivity index (χ1) is 14.0. The van der Waals surface area contributed by atoms with Gasteiger partial charge in [-0.05, 0) is 58.1 Å². The largest absolute Gasteiger partial charge is 0.376 e. The molecule has 2 saturated heterocycles. The topological polar surface area (TPSA) is 64.4 Å². The zero-order valence-electron chi connectivity index (χ0n) is 17.2. The number of benzene rings is 1. The van der Waals surface area contributed by atoms with E-state index in [-0.39, 0.29) is 29.7 Å². The molecule has 1 aromatic heterocycles. The van der Waals surface area contributed by atoms with Gasteiger partial charge in [0.05, 0.1) is 29.3 Å². The Morgan fingerprint density at radius 3 is 2.66 bits per heavy atom. The Bertz CT molecular complexity index is 929. The van der Waals surface area contributed by atoms with Crippen LogP contribution in [-0.4, -0.2) is 50.9 Å². The van der Waals surface area contributed by atoms with E-state index >= 15 is 0 Å². The maximum absolute atomic E-state index is 13.1. The van der Waals surface area contributed by atoms with Gasteiger partial charge in [0.25, 0.3) is 5.56 Å². The van der Waals surface area contributed by atoms with Gasteiger partial charge < -0.3 is 9.64 Å². The molecule has 29 heavy (non-hydrogen) atoms. The summed E-state index contributed by atoms with van der Waals surface area (Å²) in [5, 5.41) is 1.22. The molecule has 3 heterocycles. The summed E-state index contributed by atoms with van der Waals surface area (Å²) in [7, 11) is 0. The quantitative estimate of drug-likeness (QED) is 0.553. The number of amides is 1. The van der Waals surface area contributed by atoms with Crippen LogP contribution in [0.15, 0.2) is 34.2 Å². The van der Waals surface area contributed by atoms with E-state index < -0.39 is 0 Å². The zero-order valence-corrected chi connectivity index (χ0v) is 18.0. The van der Waals surface area contributed by atoms with E-state index in [1.165, 1.54) is 18.2 Å². The Balaban J connectivity index is 1.59. The minimum atomic E-state index is -0.0549. The summed E-state index contributed by atoms with van der Waals surface area (Å²) >= 11 is 1.37. The molecule has 156 valence electrons. The Morgan fingerprint density at radius 2 is 1.93 bits per heavy atom. The van der Waals surface area contributed by atoms with E-state index in [9.17, 15) is 9.59 Å². The number of aromatic nitrogens is 2. The molecule has 0 unspecified atom stereocenters. The SMILES string of the molecule is C[C@@H]1CCC[C@@H](C)N1C(=O)CSc1nc2ccccc2c(=O)n1C[C@@H]1CCCO1. The lowest BCUT2D eigenvalue weighted by atomic mass is 9.98. The second-order valence-electron chi connectivity index (χ2n) is 8.18. The van der Waals surface area contributed by atoms with Crippen molar-refractivity contribution in [2.24, 2.45) is 0 Å². The van der Waals surface area contributed by atoms with Crippen LogP contribution in [0.1, 0.15) is 46.0 Å². The first-order valence-electron chi connectivity index (χ1n) is 10.6. The maximum atomic E-state index is 13.1. The van der Waals surface area contributed by atoms with Crippen molar-refractivity contribution in [3.05, 3.63) is 34.6 Å². The average Bonchev–Trinajstić information content (AvgIpc) is 3.22. The minimum absolute atomic E-state index is 0.0350. The summed E-state index contributed by atoms with van der Waals surface area (Å²) in [5.41, 5.74) is 0.622. The highest BCUT2D eigenvalue weighted by atomic mass is 32.2. The van der Waals surface area contributed by atoms with E-state index in [2.05, 4.69) is 13.8 Å². The Morgan fingerprint density at radius 1 is 1.17 bits per heavy atom. The molecule has 0 radical (unpaired) electrons. The fourth-order valence-corrected chi connectivity index (χ4v) is 5.40. The second-order valence-corrected chi connectivity index (χ2v) is 9.12. The van der Waals surface area contributed by atoms with Crippen molar-refractivity contribution in [1.29, 1.82) is 0 Å². The maximum Gasteiger partial charge on any atom is 0.262 e. The van der Waals surface area contributed by atoms with Crippen LogP contribution in [0.3, 0.4) is 0 Å². The molecular formula is C22H29N3O3S. The number of nitrogens with zero attached hydrogens (tertiary/aromatic N) is 3. The fourth-order valence-electron chi connectivity index (χ4n) is 4.52. The number of thioether (sulfide) groups is 1. The number of fused-ring (bicyclic) bond motifs is 1. The van der Waals surface area contributed by atoms with E-state index in [0.717, 1.165) is 32.3 Å². The lowest BCUT2D eigenvalue weighted by Gasteiger charge is -2.39. The van der Waals surface area contributed by atoms with Gasteiger partial charge in [-0.15, -0.1) is 0 Å². The number of ether oxygens (including phenoxy) is 1. The minimum Gasteiger partial charge on any atom is -0.376 e. The predicted octanol–water partition coefficient (Wildman–Crippen LogP) is 3.46. The molecule has 0 saturated carbocycles. The number of para-hydroxylation sites is 1. The highest BCUT2D eigenvalue weighted by Crippen LogP contribution is 2.26. The normalized spacial score (nSPS) is 24.9. The lowest BCUT2D eigenvalue weighted by Crippen LogP contribution is -2.48. The molecule has 2 aromatic rings. The van der Waals surface area contributed by atoms with Gasteiger partial charge >= 0.3 is 0 Å². The van der Waals surface area contributed by atoms with Crippen molar-refractivity contribution in [1.82, 2.24) is 14.5 Å². The molecule has 2 aliphatic heterocycles. The third-order valence-electron chi connectivity index (χ3n) is 6.04. The molecule has 1 aromatic carbocycles. The van der Waals surface area contributed by atoms with Crippen molar-refractivity contribution < 1.29 is 9.53 Å². The van der Waals surface area contributed by atoms with Crippen molar-refractivity contribution in [3.8, 4) is 0 Å². The Kier molecular flexibility index (Phi) is 6.25. The van der Waals surface area contributed by atoms with Gasteiger partial charge in [-0.3, -0.25) is 14.2 Å². The molecule has 2 aliphatic rings. The van der Waals surface area contributed by atoms with Gasteiger partial charge in [0.2, 0.25) is 5.91 Å².